The first-order valence-corrected chi connectivity index (χ1v) is 6.10. The standard InChI is InChI=1S/C14H14N2O/c17-9-10-6-12-7-11-4-2-1-3-5-13(11)16-14(12)15-8-10/h6-9H,1-5H2. The molecule has 17 heavy (non-hydrogen) atoms. The average Bonchev–Trinajstić information content (AvgIpc) is 2.60. The molecule has 0 spiro atoms. The van der Waals surface area contributed by atoms with E-state index in [1.54, 1.807) is 6.20 Å². The quantitative estimate of drug-likeness (QED) is 0.554. The molecule has 3 heteroatoms. The highest BCUT2D eigenvalue weighted by atomic mass is 16.1. The Morgan fingerprint density at radius 3 is 2.88 bits per heavy atom. The largest absolute Gasteiger partial charge is 0.298 e. The Balaban J connectivity index is 2.18. The summed E-state index contributed by atoms with van der Waals surface area (Å²) in [5.74, 6) is 0. The van der Waals surface area contributed by atoms with E-state index in [4.69, 9.17) is 0 Å². The zero-order chi connectivity index (χ0) is 11.7. The van der Waals surface area contributed by atoms with Crippen LogP contribution in [-0.2, 0) is 12.8 Å². The number of aryl methyl sites for hydroxylation is 2. The lowest BCUT2D eigenvalue weighted by Gasteiger charge is -2.06. The summed E-state index contributed by atoms with van der Waals surface area (Å²) in [7, 11) is 0. The van der Waals surface area contributed by atoms with Gasteiger partial charge in [0.1, 0.15) is 0 Å². The van der Waals surface area contributed by atoms with Gasteiger partial charge in [0.05, 0.1) is 0 Å². The van der Waals surface area contributed by atoms with E-state index < -0.39 is 0 Å². The normalized spacial score (nSPS) is 15.3. The third kappa shape index (κ3) is 1.93. The fraction of sp³-hybridized carbons (Fsp3) is 0.357. The van der Waals surface area contributed by atoms with Crippen LogP contribution in [-0.4, -0.2) is 16.3 Å². The van der Waals surface area contributed by atoms with E-state index in [9.17, 15) is 4.79 Å². The first-order chi connectivity index (χ1) is 8.36. The second-order valence-corrected chi connectivity index (χ2v) is 4.59. The molecule has 0 atom stereocenters. The molecule has 1 aliphatic rings. The van der Waals surface area contributed by atoms with Gasteiger partial charge in [-0.1, -0.05) is 6.42 Å². The lowest BCUT2D eigenvalue weighted by molar-refractivity contribution is 0.112. The number of hydrogen-bond donors (Lipinski definition) is 0. The third-order valence-electron chi connectivity index (χ3n) is 3.35. The third-order valence-corrected chi connectivity index (χ3v) is 3.35. The molecule has 3 nitrogen and oxygen atoms in total. The molecule has 0 radical (unpaired) electrons. The Morgan fingerprint density at radius 2 is 2.00 bits per heavy atom. The molecule has 0 unspecified atom stereocenters. The first kappa shape index (κ1) is 10.4. The zero-order valence-corrected chi connectivity index (χ0v) is 9.65. The monoisotopic (exact) mass is 226 g/mol. The second-order valence-electron chi connectivity index (χ2n) is 4.59. The summed E-state index contributed by atoms with van der Waals surface area (Å²) in [6.07, 6.45) is 8.31. The molecule has 0 aromatic carbocycles. The van der Waals surface area contributed by atoms with E-state index in [0.29, 0.717) is 5.56 Å². The van der Waals surface area contributed by atoms with Crippen molar-refractivity contribution < 1.29 is 4.79 Å². The first-order valence-electron chi connectivity index (χ1n) is 6.10. The zero-order valence-electron chi connectivity index (χ0n) is 9.65. The lowest BCUT2D eigenvalue weighted by Crippen LogP contribution is -1.98. The molecular weight excluding hydrogens is 212 g/mol. The highest BCUT2D eigenvalue weighted by Crippen LogP contribution is 2.22. The molecule has 0 fully saturated rings. The number of nitrogens with zero attached hydrogens (tertiary/aromatic N) is 2. The summed E-state index contributed by atoms with van der Waals surface area (Å²) in [6.45, 7) is 0. The predicted octanol–water partition coefficient (Wildman–Crippen LogP) is 2.71. The Kier molecular flexibility index (Phi) is 2.59. The predicted molar refractivity (Wildman–Crippen MR) is 66.2 cm³/mol. The van der Waals surface area contributed by atoms with Crippen LogP contribution in [0.1, 0.15) is 40.9 Å². The molecule has 0 N–H and O–H groups in total. The maximum absolute atomic E-state index is 10.7. The SMILES string of the molecule is O=Cc1cnc2nc3c(cc2c1)CCCCC3. The van der Waals surface area contributed by atoms with E-state index in [-0.39, 0.29) is 0 Å². The Morgan fingerprint density at radius 1 is 1.12 bits per heavy atom. The van der Waals surface area contributed by atoms with Gasteiger partial charge in [-0.15, -0.1) is 0 Å². The highest BCUT2D eigenvalue weighted by Gasteiger charge is 2.11. The maximum Gasteiger partial charge on any atom is 0.159 e. The van der Waals surface area contributed by atoms with Crippen LogP contribution in [0.3, 0.4) is 0 Å². The van der Waals surface area contributed by atoms with Gasteiger partial charge in [0.2, 0.25) is 0 Å². The number of carbonyl (C=O) groups is 1. The molecule has 2 aromatic heterocycles. The minimum Gasteiger partial charge on any atom is -0.298 e. The minimum absolute atomic E-state index is 0.618. The van der Waals surface area contributed by atoms with Crippen LogP contribution in [0.15, 0.2) is 18.3 Å². The number of fused-ring (bicyclic) bond motifs is 2. The van der Waals surface area contributed by atoms with Crippen molar-refractivity contribution in [3.05, 3.63) is 35.2 Å². The van der Waals surface area contributed by atoms with Gasteiger partial charge >= 0.3 is 0 Å². The van der Waals surface area contributed by atoms with Crippen molar-refractivity contribution in [1.29, 1.82) is 0 Å². The molecule has 0 saturated carbocycles. The van der Waals surface area contributed by atoms with Crippen molar-refractivity contribution in [3.63, 3.8) is 0 Å². The Bertz CT molecular complexity index is 578. The summed E-state index contributed by atoms with van der Waals surface area (Å²) < 4.78 is 0. The van der Waals surface area contributed by atoms with Crippen LogP contribution in [0.5, 0.6) is 0 Å². The number of aromatic nitrogens is 2. The molecule has 0 saturated heterocycles. The van der Waals surface area contributed by atoms with Crippen molar-refractivity contribution >= 4 is 17.3 Å². The molecule has 3 rings (SSSR count). The van der Waals surface area contributed by atoms with Crippen molar-refractivity contribution in [3.8, 4) is 0 Å². The molecule has 1 aliphatic carbocycles. The Hall–Kier alpha value is -1.77. The highest BCUT2D eigenvalue weighted by molar-refractivity contribution is 5.84. The van der Waals surface area contributed by atoms with E-state index in [0.717, 1.165) is 30.2 Å². The molecular formula is C14H14N2O. The number of hydrogen-bond acceptors (Lipinski definition) is 3. The molecule has 2 heterocycles. The lowest BCUT2D eigenvalue weighted by atomic mass is 10.1. The number of aldehydes is 1. The Labute approximate surface area is 99.9 Å². The van der Waals surface area contributed by atoms with Crippen molar-refractivity contribution in [2.24, 2.45) is 0 Å². The minimum atomic E-state index is 0.618. The van der Waals surface area contributed by atoms with Crippen molar-refractivity contribution in [2.45, 2.75) is 32.1 Å². The number of pyridine rings is 2. The van der Waals surface area contributed by atoms with Crippen molar-refractivity contribution in [1.82, 2.24) is 9.97 Å². The summed E-state index contributed by atoms with van der Waals surface area (Å²) in [5, 5.41) is 0.982. The van der Waals surface area contributed by atoms with Gasteiger partial charge in [-0.05, 0) is 43.4 Å². The summed E-state index contributed by atoms with van der Waals surface area (Å²) in [6, 6.07) is 4.02. The van der Waals surface area contributed by atoms with E-state index in [1.807, 2.05) is 6.07 Å². The van der Waals surface area contributed by atoms with Gasteiger partial charge in [0.15, 0.2) is 11.9 Å². The van der Waals surface area contributed by atoms with Crippen LogP contribution in [0.25, 0.3) is 11.0 Å². The van der Waals surface area contributed by atoms with Crippen LogP contribution in [0, 0.1) is 0 Å². The van der Waals surface area contributed by atoms with Crippen LogP contribution in [0.4, 0.5) is 0 Å². The van der Waals surface area contributed by atoms with E-state index in [1.165, 1.54) is 30.5 Å². The van der Waals surface area contributed by atoms with Gasteiger partial charge in [0.25, 0.3) is 0 Å². The average molecular weight is 226 g/mol. The number of carbonyl (C=O) groups excluding carboxylic acids is 1. The molecule has 0 amide bonds. The molecule has 0 bridgehead atoms. The van der Waals surface area contributed by atoms with Gasteiger partial charge in [-0.2, -0.15) is 0 Å². The summed E-state index contributed by atoms with van der Waals surface area (Å²) in [4.78, 5) is 19.6. The van der Waals surface area contributed by atoms with E-state index >= 15 is 0 Å². The number of rotatable bonds is 1. The van der Waals surface area contributed by atoms with Gasteiger partial charge < -0.3 is 0 Å². The smallest absolute Gasteiger partial charge is 0.159 e. The molecule has 86 valence electrons. The topological polar surface area (TPSA) is 42.9 Å². The van der Waals surface area contributed by atoms with Crippen LogP contribution >= 0.6 is 0 Å². The van der Waals surface area contributed by atoms with Gasteiger partial charge in [0, 0.05) is 22.8 Å². The molecule has 2 aromatic rings. The van der Waals surface area contributed by atoms with Gasteiger partial charge in [-0.3, -0.25) is 4.79 Å². The van der Waals surface area contributed by atoms with Crippen molar-refractivity contribution in [2.75, 3.05) is 0 Å². The van der Waals surface area contributed by atoms with Gasteiger partial charge in [-0.25, -0.2) is 9.97 Å². The van der Waals surface area contributed by atoms with Crippen LogP contribution in [0.2, 0.25) is 0 Å². The molecule has 0 aliphatic heterocycles. The van der Waals surface area contributed by atoms with Crippen LogP contribution < -0.4 is 0 Å². The second kappa shape index (κ2) is 4.24. The summed E-state index contributed by atoms with van der Waals surface area (Å²) in [5.41, 5.74) is 3.91. The van der Waals surface area contributed by atoms with E-state index in [2.05, 4.69) is 16.0 Å². The fourth-order valence-corrected chi connectivity index (χ4v) is 2.44. The maximum atomic E-state index is 10.7. The fourth-order valence-electron chi connectivity index (χ4n) is 2.44. The summed E-state index contributed by atoms with van der Waals surface area (Å²) >= 11 is 0.